The molecular formula is C15H20N2O2. The van der Waals surface area contributed by atoms with E-state index in [4.69, 9.17) is 5.11 Å². The molecular weight excluding hydrogens is 240 g/mol. The van der Waals surface area contributed by atoms with Gasteiger partial charge in [0.1, 0.15) is 0 Å². The van der Waals surface area contributed by atoms with Gasteiger partial charge in [-0.3, -0.25) is 4.90 Å². The molecule has 0 saturated heterocycles. The van der Waals surface area contributed by atoms with Gasteiger partial charge in [0, 0.05) is 19.6 Å². The van der Waals surface area contributed by atoms with Gasteiger partial charge in [-0.2, -0.15) is 0 Å². The summed E-state index contributed by atoms with van der Waals surface area (Å²) < 4.78 is 0. The average molecular weight is 260 g/mol. The maximum atomic E-state index is 10.7. The molecule has 1 amide bonds. The Hall–Kier alpha value is -1.81. The Balaban J connectivity index is 2.08. The fourth-order valence-corrected chi connectivity index (χ4v) is 2.42. The van der Waals surface area contributed by atoms with E-state index in [0.717, 1.165) is 19.5 Å². The highest BCUT2D eigenvalue weighted by molar-refractivity contribution is 5.64. The number of nitrogens with zero attached hydrogens (tertiary/aromatic N) is 1. The first kappa shape index (κ1) is 13.6. The Bertz CT molecular complexity index is 458. The first-order valence-corrected chi connectivity index (χ1v) is 6.54. The van der Waals surface area contributed by atoms with Crippen molar-refractivity contribution in [1.29, 1.82) is 0 Å². The lowest BCUT2D eigenvalue weighted by atomic mass is 9.94. The molecule has 4 heteroatoms. The molecule has 1 aromatic carbocycles. The minimum Gasteiger partial charge on any atom is -0.465 e. The monoisotopic (exact) mass is 260 g/mol. The first-order chi connectivity index (χ1) is 9.10. The summed E-state index contributed by atoms with van der Waals surface area (Å²) in [5.74, 6) is 0. The zero-order valence-corrected chi connectivity index (χ0v) is 11.2. The molecule has 1 unspecified atom stereocenters. The van der Waals surface area contributed by atoms with Crippen molar-refractivity contribution in [2.45, 2.75) is 25.4 Å². The molecule has 1 heterocycles. The third kappa shape index (κ3) is 3.58. The molecule has 0 saturated carbocycles. The number of rotatable bonds is 4. The van der Waals surface area contributed by atoms with Gasteiger partial charge in [-0.05, 0) is 18.9 Å². The van der Waals surface area contributed by atoms with Crippen LogP contribution in [0.2, 0.25) is 0 Å². The van der Waals surface area contributed by atoms with Crippen molar-refractivity contribution in [2.75, 3.05) is 13.1 Å². The van der Waals surface area contributed by atoms with Crippen molar-refractivity contribution >= 4 is 6.09 Å². The van der Waals surface area contributed by atoms with Gasteiger partial charge in [0.15, 0.2) is 0 Å². The Kier molecular flexibility index (Phi) is 4.22. The standard InChI is InChI=1S/C15H20N2O2/c1-15(12-16-14(18)19)9-5-6-10-17(15)11-13-7-3-2-4-8-13/h2-5,7-9,16H,6,10-12H2,1H3,(H,18,19). The zero-order valence-electron chi connectivity index (χ0n) is 11.2. The molecule has 2 N–H and O–H groups in total. The lowest BCUT2D eigenvalue weighted by molar-refractivity contribution is 0.123. The highest BCUT2D eigenvalue weighted by Crippen LogP contribution is 2.23. The maximum absolute atomic E-state index is 10.7. The highest BCUT2D eigenvalue weighted by Gasteiger charge is 2.31. The zero-order chi connectivity index (χ0) is 13.7. The molecule has 4 nitrogen and oxygen atoms in total. The second-order valence-electron chi connectivity index (χ2n) is 5.11. The number of hydrogen-bond donors (Lipinski definition) is 2. The van der Waals surface area contributed by atoms with Crippen molar-refractivity contribution in [2.24, 2.45) is 0 Å². The van der Waals surface area contributed by atoms with Gasteiger partial charge >= 0.3 is 6.09 Å². The Morgan fingerprint density at radius 1 is 1.42 bits per heavy atom. The third-order valence-electron chi connectivity index (χ3n) is 3.58. The predicted octanol–water partition coefficient (Wildman–Crippen LogP) is 2.47. The average Bonchev–Trinajstić information content (AvgIpc) is 2.41. The second kappa shape index (κ2) is 5.89. The normalized spacial score (nSPS) is 23.2. The van der Waals surface area contributed by atoms with Crippen LogP contribution in [0.1, 0.15) is 18.9 Å². The van der Waals surface area contributed by atoms with Gasteiger partial charge in [0.25, 0.3) is 0 Å². The first-order valence-electron chi connectivity index (χ1n) is 6.54. The minimum absolute atomic E-state index is 0.257. The van der Waals surface area contributed by atoms with E-state index in [1.165, 1.54) is 5.56 Å². The number of nitrogens with one attached hydrogen (secondary N) is 1. The molecule has 1 atom stereocenters. The van der Waals surface area contributed by atoms with Gasteiger partial charge in [0.2, 0.25) is 0 Å². The van der Waals surface area contributed by atoms with Crippen LogP contribution in [0.5, 0.6) is 0 Å². The number of benzene rings is 1. The number of carbonyl (C=O) groups is 1. The fourth-order valence-electron chi connectivity index (χ4n) is 2.42. The molecule has 102 valence electrons. The molecule has 0 radical (unpaired) electrons. The lowest BCUT2D eigenvalue weighted by Crippen LogP contribution is -2.53. The number of carboxylic acid groups (broad SMARTS) is 1. The van der Waals surface area contributed by atoms with E-state index in [1.807, 2.05) is 18.2 Å². The van der Waals surface area contributed by atoms with Crippen molar-refractivity contribution in [3.8, 4) is 0 Å². The van der Waals surface area contributed by atoms with Gasteiger partial charge in [0.05, 0.1) is 5.54 Å². The summed E-state index contributed by atoms with van der Waals surface area (Å²) in [5, 5.41) is 11.3. The summed E-state index contributed by atoms with van der Waals surface area (Å²) in [4.78, 5) is 13.0. The molecule has 0 aliphatic carbocycles. The molecule has 0 fully saturated rings. The van der Waals surface area contributed by atoms with Crippen molar-refractivity contribution in [3.05, 3.63) is 48.0 Å². The van der Waals surface area contributed by atoms with Crippen LogP contribution in [0.4, 0.5) is 4.79 Å². The van der Waals surface area contributed by atoms with Gasteiger partial charge in [-0.15, -0.1) is 0 Å². The van der Waals surface area contributed by atoms with E-state index in [9.17, 15) is 4.79 Å². The Morgan fingerprint density at radius 2 is 2.16 bits per heavy atom. The fraction of sp³-hybridized carbons (Fsp3) is 0.400. The van der Waals surface area contributed by atoms with Crippen molar-refractivity contribution in [1.82, 2.24) is 10.2 Å². The molecule has 1 aliphatic heterocycles. The van der Waals surface area contributed by atoms with Crippen LogP contribution in [0.15, 0.2) is 42.5 Å². The summed E-state index contributed by atoms with van der Waals surface area (Å²) in [6.07, 6.45) is 4.27. The molecule has 19 heavy (non-hydrogen) atoms. The van der Waals surface area contributed by atoms with Crippen LogP contribution in [-0.2, 0) is 6.54 Å². The van der Waals surface area contributed by atoms with Gasteiger partial charge in [-0.1, -0.05) is 42.5 Å². The van der Waals surface area contributed by atoms with E-state index in [-0.39, 0.29) is 5.54 Å². The van der Waals surface area contributed by atoms with E-state index in [1.54, 1.807) is 0 Å². The molecule has 0 bridgehead atoms. The third-order valence-corrected chi connectivity index (χ3v) is 3.58. The minimum atomic E-state index is -0.972. The van der Waals surface area contributed by atoms with Gasteiger partial charge in [-0.25, -0.2) is 4.79 Å². The maximum Gasteiger partial charge on any atom is 0.404 e. The SMILES string of the molecule is CC1(CNC(=O)O)C=CCCN1Cc1ccccc1. The molecule has 2 rings (SSSR count). The summed E-state index contributed by atoms with van der Waals surface area (Å²) in [6, 6.07) is 10.3. The van der Waals surface area contributed by atoms with Crippen LogP contribution in [0.25, 0.3) is 0 Å². The summed E-state index contributed by atoms with van der Waals surface area (Å²) >= 11 is 0. The van der Waals surface area contributed by atoms with Crippen LogP contribution in [0, 0.1) is 0 Å². The Labute approximate surface area is 113 Å². The van der Waals surface area contributed by atoms with E-state index in [2.05, 4.69) is 41.4 Å². The van der Waals surface area contributed by atoms with E-state index < -0.39 is 6.09 Å². The number of amides is 1. The second-order valence-corrected chi connectivity index (χ2v) is 5.11. The van der Waals surface area contributed by atoms with Crippen LogP contribution < -0.4 is 5.32 Å². The van der Waals surface area contributed by atoms with Crippen molar-refractivity contribution < 1.29 is 9.90 Å². The molecule has 1 aliphatic rings. The van der Waals surface area contributed by atoms with Crippen LogP contribution >= 0.6 is 0 Å². The quantitative estimate of drug-likeness (QED) is 0.818. The molecule has 0 spiro atoms. The lowest BCUT2D eigenvalue weighted by Gasteiger charge is -2.41. The largest absolute Gasteiger partial charge is 0.465 e. The smallest absolute Gasteiger partial charge is 0.404 e. The van der Waals surface area contributed by atoms with Gasteiger partial charge < -0.3 is 10.4 Å². The summed E-state index contributed by atoms with van der Waals surface area (Å²) in [6.45, 7) is 4.26. The molecule has 0 aromatic heterocycles. The van der Waals surface area contributed by atoms with E-state index >= 15 is 0 Å². The predicted molar refractivity (Wildman–Crippen MR) is 75.0 cm³/mol. The van der Waals surface area contributed by atoms with E-state index in [0.29, 0.717) is 6.54 Å². The summed E-state index contributed by atoms with van der Waals surface area (Å²) in [5.41, 5.74) is 0.992. The highest BCUT2D eigenvalue weighted by atomic mass is 16.4. The summed E-state index contributed by atoms with van der Waals surface area (Å²) in [7, 11) is 0. The topological polar surface area (TPSA) is 52.6 Å². The molecule has 1 aromatic rings. The Morgan fingerprint density at radius 3 is 2.84 bits per heavy atom. The van der Waals surface area contributed by atoms with Crippen LogP contribution in [0.3, 0.4) is 0 Å². The van der Waals surface area contributed by atoms with Crippen LogP contribution in [-0.4, -0.2) is 34.7 Å². The van der Waals surface area contributed by atoms with Crippen molar-refractivity contribution in [3.63, 3.8) is 0 Å². The number of hydrogen-bond acceptors (Lipinski definition) is 2.